The van der Waals surface area contributed by atoms with Crippen molar-refractivity contribution in [2.75, 3.05) is 25.2 Å². The minimum atomic E-state index is -3.66. The monoisotopic (exact) mass is 564 g/mol. The zero-order valence-electron chi connectivity index (χ0n) is 21.9. The molecule has 0 unspecified atom stereocenters. The maximum Gasteiger partial charge on any atom is 0.248 e. The molecule has 10 nitrogen and oxygen atoms in total. The van der Waals surface area contributed by atoms with Crippen LogP contribution in [0.4, 0.5) is 5.69 Å². The number of nitrogens with one attached hydrogen (secondary N) is 1. The summed E-state index contributed by atoms with van der Waals surface area (Å²) >= 11 is 1.20. The number of carbonyl (C=O) groups excluding carboxylic acids is 2. The van der Waals surface area contributed by atoms with Crippen LogP contribution < -0.4 is 11.1 Å². The number of amides is 2. The maximum atomic E-state index is 12.8. The first kappa shape index (κ1) is 28.0. The summed E-state index contributed by atoms with van der Waals surface area (Å²) in [6, 6.07) is 18.7. The van der Waals surface area contributed by atoms with E-state index >= 15 is 0 Å². The van der Waals surface area contributed by atoms with E-state index in [0.29, 0.717) is 27.8 Å². The number of sulfonamides is 1. The summed E-state index contributed by atoms with van der Waals surface area (Å²) < 4.78 is 28.6. The van der Waals surface area contributed by atoms with Crippen LogP contribution in [0.5, 0.6) is 0 Å². The van der Waals surface area contributed by atoms with Crippen LogP contribution in [0.2, 0.25) is 0 Å². The highest BCUT2D eigenvalue weighted by Gasteiger charge is 2.23. The van der Waals surface area contributed by atoms with Crippen LogP contribution in [0.1, 0.15) is 21.5 Å². The number of nitrogens with two attached hydrogens (primary N) is 1. The molecule has 1 heterocycles. The Morgan fingerprint density at radius 3 is 2.23 bits per heavy atom. The molecule has 12 heteroatoms. The van der Waals surface area contributed by atoms with E-state index in [9.17, 15) is 18.0 Å². The number of aryl methyl sites for hydroxylation is 2. The van der Waals surface area contributed by atoms with E-state index in [-0.39, 0.29) is 16.6 Å². The van der Waals surface area contributed by atoms with Crippen molar-refractivity contribution in [2.45, 2.75) is 23.9 Å². The molecule has 39 heavy (non-hydrogen) atoms. The average molecular weight is 565 g/mol. The van der Waals surface area contributed by atoms with E-state index in [2.05, 4.69) is 15.5 Å². The summed E-state index contributed by atoms with van der Waals surface area (Å²) in [6.07, 6.45) is 0. The number of para-hydroxylation sites is 1. The lowest BCUT2D eigenvalue weighted by Gasteiger charge is -2.16. The molecule has 1 aromatic heterocycles. The molecule has 3 N–H and O–H groups in total. The third kappa shape index (κ3) is 6.03. The molecular weight excluding hydrogens is 536 g/mol. The SMILES string of the molecule is Cc1cccc(C)c1-n1c(SCC(=O)Nc2ccc(C(N)=O)cc2)nnc1-c1cccc(S(=O)(=O)N(C)C)c1. The Morgan fingerprint density at radius 2 is 1.62 bits per heavy atom. The van der Waals surface area contributed by atoms with Gasteiger partial charge in [-0.3, -0.25) is 14.2 Å². The van der Waals surface area contributed by atoms with Gasteiger partial charge in [0.15, 0.2) is 11.0 Å². The van der Waals surface area contributed by atoms with E-state index in [1.807, 2.05) is 36.6 Å². The highest BCUT2D eigenvalue weighted by molar-refractivity contribution is 7.99. The van der Waals surface area contributed by atoms with Crippen LogP contribution in [0.25, 0.3) is 17.1 Å². The predicted molar refractivity (Wildman–Crippen MR) is 151 cm³/mol. The predicted octanol–water partition coefficient (Wildman–Crippen LogP) is 3.63. The van der Waals surface area contributed by atoms with Gasteiger partial charge in [0.2, 0.25) is 21.8 Å². The lowest BCUT2D eigenvalue weighted by atomic mass is 10.1. The van der Waals surface area contributed by atoms with Gasteiger partial charge in [0.05, 0.1) is 16.3 Å². The smallest absolute Gasteiger partial charge is 0.248 e. The summed E-state index contributed by atoms with van der Waals surface area (Å²) in [5.41, 5.74) is 9.50. The van der Waals surface area contributed by atoms with Crippen LogP contribution in [-0.4, -0.2) is 59.2 Å². The molecule has 3 aromatic carbocycles. The maximum absolute atomic E-state index is 12.8. The number of nitrogens with zero attached hydrogens (tertiary/aromatic N) is 4. The Labute approximate surface area is 231 Å². The number of rotatable bonds is 9. The molecule has 0 atom stereocenters. The van der Waals surface area contributed by atoms with Crippen molar-refractivity contribution in [1.82, 2.24) is 19.1 Å². The number of anilines is 1. The Bertz CT molecular complexity index is 1630. The van der Waals surface area contributed by atoms with Gasteiger partial charge in [0.1, 0.15) is 0 Å². The molecule has 202 valence electrons. The second-order valence-corrected chi connectivity index (χ2v) is 12.1. The number of aromatic nitrogens is 3. The minimum Gasteiger partial charge on any atom is -0.366 e. The summed E-state index contributed by atoms with van der Waals surface area (Å²) in [7, 11) is -0.703. The van der Waals surface area contributed by atoms with Gasteiger partial charge < -0.3 is 11.1 Å². The molecule has 0 bridgehead atoms. The minimum absolute atomic E-state index is 0.0374. The summed E-state index contributed by atoms with van der Waals surface area (Å²) in [4.78, 5) is 24.1. The third-order valence-electron chi connectivity index (χ3n) is 5.95. The number of thioether (sulfide) groups is 1. The van der Waals surface area contributed by atoms with E-state index in [1.54, 1.807) is 42.5 Å². The summed E-state index contributed by atoms with van der Waals surface area (Å²) in [6.45, 7) is 3.94. The van der Waals surface area contributed by atoms with Crippen LogP contribution in [0.15, 0.2) is 76.8 Å². The molecule has 0 saturated heterocycles. The quantitative estimate of drug-likeness (QED) is 0.296. The zero-order valence-corrected chi connectivity index (χ0v) is 23.5. The van der Waals surface area contributed by atoms with Gasteiger partial charge in [-0.05, 0) is 61.4 Å². The molecule has 0 fully saturated rings. The van der Waals surface area contributed by atoms with Crippen LogP contribution in [0, 0.1) is 13.8 Å². The average Bonchev–Trinajstić information content (AvgIpc) is 3.31. The molecule has 0 saturated carbocycles. The zero-order chi connectivity index (χ0) is 28.3. The van der Waals surface area contributed by atoms with Crippen molar-refractivity contribution in [1.29, 1.82) is 0 Å². The third-order valence-corrected chi connectivity index (χ3v) is 8.69. The van der Waals surface area contributed by atoms with E-state index in [1.165, 1.54) is 31.9 Å². The molecular formula is C27H28N6O4S2. The van der Waals surface area contributed by atoms with Crippen LogP contribution >= 0.6 is 11.8 Å². The lowest BCUT2D eigenvalue weighted by Crippen LogP contribution is -2.22. The Kier molecular flexibility index (Phi) is 8.19. The van der Waals surface area contributed by atoms with Crippen molar-refractivity contribution in [3.8, 4) is 17.1 Å². The highest BCUT2D eigenvalue weighted by Crippen LogP contribution is 2.32. The van der Waals surface area contributed by atoms with Crippen molar-refractivity contribution < 1.29 is 18.0 Å². The Balaban J connectivity index is 1.68. The van der Waals surface area contributed by atoms with Gasteiger partial charge in [0, 0.05) is 30.9 Å². The fraction of sp³-hybridized carbons (Fsp3) is 0.185. The molecule has 4 aromatic rings. The fourth-order valence-corrected chi connectivity index (χ4v) is 5.65. The first-order valence-electron chi connectivity index (χ1n) is 11.9. The number of primary amides is 1. The van der Waals surface area contributed by atoms with Crippen LogP contribution in [-0.2, 0) is 14.8 Å². The Morgan fingerprint density at radius 1 is 0.974 bits per heavy atom. The molecule has 2 amide bonds. The Hall–Kier alpha value is -4.00. The highest BCUT2D eigenvalue weighted by atomic mass is 32.2. The van der Waals surface area contributed by atoms with Crippen molar-refractivity contribution in [3.63, 3.8) is 0 Å². The largest absolute Gasteiger partial charge is 0.366 e. The molecule has 0 spiro atoms. The van der Waals surface area contributed by atoms with E-state index in [0.717, 1.165) is 21.1 Å². The molecule has 0 aliphatic carbocycles. The lowest BCUT2D eigenvalue weighted by molar-refractivity contribution is -0.113. The van der Waals surface area contributed by atoms with Gasteiger partial charge in [-0.1, -0.05) is 42.1 Å². The standard InChI is InChI=1S/C27H28N6O4S2/c1-17-7-5-8-18(2)24(17)33-26(20-9-6-10-22(15-20)39(36,37)32(3)4)30-31-27(33)38-16-23(34)29-21-13-11-19(12-14-21)25(28)35/h5-15H,16H2,1-4H3,(H2,28,35)(H,29,34). The van der Waals surface area contributed by atoms with E-state index < -0.39 is 15.9 Å². The second-order valence-electron chi connectivity index (χ2n) is 8.98. The summed E-state index contributed by atoms with van der Waals surface area (Å²) in [5.74, 6) is -0.332. The molecule has 0 aliphatic rings. The van der Waals surface area contributed by atoms with Gasteiger partial charge >= 0.3 is 0 Å². The number of benzene rings is 3. The molecule has 0 aliphatic heterocycles. The second kappa shape index (κ2) is 11.4. The summed E-state index contributed by atoms with van der Waals surface area (Å²) in [5, 5.41) is 12.0. The first-order valence-corrected chi connectivity index (χ1v) is 14.3. The fourth-order valence-electron chi connectivity index (χ4n) is 3.96. The van der Waals surface area contributed by atoms with Gasteiger partial charge in [-0.25, -0.2) is 12.7 Å². The van der Waals surface area contributed by atoms with Gasteiger partial charge in [0.25, 0.3) is 0 Å². The van der Waals surface area contributed by atoms with Crippen molar-refractivity contribution in [3.05, 3.63) is 83.4 Å². The van der Waals surface area contributed by atoms with E-state index in [4.69, 9.17) is 5.73 Å². The topological polar surface area (TPSA) is 140 Å². The number of hydrogen-bond donors (Lipinski definition) is 2. The van der Waals surface area contributed by atoms with Crippen molar-refractivity contribution in [2.24, 2.45) is 5.73 Å². The van der Waals surface area contributed by atoms with Gasteiger partial charge in [-0.15, -0.1) is 10.2 Å². The number of carbonyl (C=O) groups is 2. The van der Waals surface area contributed by atoms with Crippen LogP contribution in [0.3, 0.4) is 0 Å². The van der Waals surface area contributed by atoms with Crippen molar-refractivity contribution >= 4 is 39.3 Å². The molecule has 4 rings (SSSR count). The number of hydrogen-bond acceptors (Lipinski definition) is 7. The molecule has 0 radical (unpaired) electrons. The van der Waals surface area contributed by atoms with Gasteiger partial charge in [-0.2, -0.15) is 0 Å². The first-order chi connectivity index (χ1) is 18.5. The normalized spacial score (nSPS) is 11.5.